The predicted molar refractivity (Wildman–Crippen MR) is 146 cm³/mol. The van der Waals surface area contributed by atoms with Gasteiger partial charge in [0.2, 0.25) is 11.8 Å². The lowest BCUT2D eigenvalue weighted by Crippen LogP contribution is -2.54. The summed E-state index contributed by atoms with van der Waals surface area (Å²) >= 11 is 1.36. The molecule has 0 radical (unpaired) electrons. The van der Waals surface area contributed by atoms with Crippen LogP contribution in [0, 0.1) is 12.7 Å². The molecular formula is C30H35FN2O2S. The first-order valence-electron chi connectivity index (χ1n) is 12.1. The van der Waals surface area contributed by atoms with E-state index in [9.17, 15) is 14.0 Å². The number of thioether (sulfide) groups is 1. The van der Waals surface area contributed by atoms with Crippen LogP contribution in [-0.4, -0.2) is 34.0 Å². The van der Waals surface area contributed by atoms with Crippen molar-refractivity contribution in [1.82, 2.24) is 10.2 Å². The summed E-state index contributed by atoms with van der Waals surface area (Å²) in [5, 5.41) is 3.07. The SMILES string of the molecule is Cc1ccc(CN(C(=O)CSCc2ccccc2F)C(Cc2ccccc2)C(=O)NC(C)(C)C)cc1. The largest absolute Gasteiger partial charge is 0.350 e. The fourth-order valence-electron chi connectivity index (χ4n) is 3.84. The number of nitrogens with one attached hydrogen (secondary N) is 1. The van der Waals surface area contributed by atoms with E-state index in [1.807, 2.05) is 82.3 Å². The van der Waals surface area contributed by atoms with Gasteiger partial charge in [-0.05, 0) is 50.5 Å². The van der Waals surface area contributed by atoms with E-state index in [0.29, 0.717) is 24.3 Å². The van der Waals surface area contributed by atoms with Crippen molar-refractivity contribution in [3.05, 3.63) is 107 Å². The molecule has 1 N–H and O–H groups in total. The lowest BCUT2D eigenvalue weighted by Gasteiger charge is -2.34. The summed E-state index contributed by atoms with van der Waals surface area (Å²) in [6, 6.07) is 23.6. The Kier molecular flexibility index (Phi) is 9.71. The number of amides is 2. The first kappa shape index (κ1) is 27.5. The van der Waals surface area contributed by atoms with Crippen LogP contribution in [-0.2, 0) is 28.3 Å². The van der Waals surface area contributed by atoms with Gasteiger partial charge >= 0.3 is 0 Å². The standard InChI is InChI=1S/C30H35FN2O2S/c1-22-14-16-24(17-15-22)19-33(28(34)21-36-20-25-12-8-9-13-26(25)31)27(29(35)32-30(2,3)4)18-23-10-6-5-7-11-23/h5-17,27H,18-21H2,1-4H3,(H,32,35). The van der Waals surface area contributed by atoms with Crippen molar-refractivity contribution in [1.29, 1.82) is 0 Å². The topological polar surface area (TPSA) is 49.4 Å². The maximum absolute atomic E-state index is 14.1. The molecule has 0 saturated carbocycles. The summed E-state index contributed by atoms with van der Waals surface area (Å²) in [5.41, 5.74) is 3.18. The fourth-order valence-corrected chi connectivity index (χ4v) is 4.74. The molecule has 1 unspecified atom stereocenters. The summed E-state index contributed by atoms with van der Waals surface area (Å²) in [7, 11) is 0. The van der Waals surface area contributed by atoms with Crippen LogP contribution < -0.4 is 5.32 Å². The maximum Gasteiger partial charge on any atom is 0.243 e. The van der Waals surface area contributed by atoms with Crippen molar-refractivity contribution >= 4 is 23.6 Å². The van der Waals surface area contributed by atoms with Crippen LogP contribution in [0.5, 0.6) is 0 Å². The number of benzene rings is 3. The van der Waals surface area contributed by atoms with E-state index < -0.39 is 11.6 Å². The van der Waals surface area contributed by atoms with E-state index in [1.165, 1.54) is 17.8 Å². The Bertz CT molecular complexity index is 1140. The molecule has 1 atom stereocenters. The predicted octanol–water partition coefficient (Wildman–Crippen LogP) is 5.92. The number of aryl methyl sites for hydroxylation is 1. The molecule has 0 fully saturated rings. The number of hydrogen-bond acceptors (Lipinski definition) is 3. The Balaban J connectivity index is 1.87. The molecular weight excluding hydrogens is 471 g/mol. The Morgan fingerprint density at radius 1 is 0.917 bits per heavy atom. The third kappa shape index (κ3) is 8.52. The smallest absolute Gasteiger partial charge is 0.243 e. The minimum Gasteiger partial charge on any atom is -0.350 e. The maximum atomic E-state index is 14.1. The highest BCUT2D eigenvalue weighted by molar-refractivity contribution is 7.99. The molecule has 0 heterocycles. The zero-order valence-electron chi connectivity index (χ0n) is 21.5. The quantitative estimate of drug-likeness (QED) is 0.371. The first-order valence-corrected chi connectivity index (χ1v) is 13.3. The summed E-state index contributed by atoms with van der Waals surface area (Å²) in [6.45, 7) is 8.12. The van der Waals surface area contributed by atoms with Crippen LogP contribution >= 0.6 is 11.8 Å². The number of hydrogen-bond donors (Lipinski definition) is 1. The number of carbonyl (C=O) groups is 2. The third-order valence-electron chi connectivity index (χ3n) is 5.68. The molecule has 6 heteroatoms. The Morgan fingerprint density at radius 2 is 1.56 bits per heavy atom. The highest BCUT2D eigenvalue weighted by atomic mass is 32.2. The molecule has 190 valence electrons. The molecule has 0 aliphatic rings. The van der Waals surface area contributed by atoms with Crippen molar-refractivity contribution in [3.63, 3.8) is 0 Å². The minimum absolute atomic E-state index is 0.147. The fraction of sp³-hybridized carbons (Fsp3) is 0.333. The Labute approximate surface area is 218 Å². The number of halogens is 1. The van der Waals surface area contributed by atoms with E-state index in [2.05, 4.69) is 5.32 Å². The normalized spacial score (nSPS) is 12.1. The van der Waals surface area contributed by atoms with Gasteiger partial charge in [-0.15, -0.1) is 11.8 Å². The van der Waals surface area contributed by atoms with Crippen molar-refractivity contribution in [3.8, 4) is 0 Å². The second kappa shape index (κ2) is 12.7. The van der Waals surface area contributed by atoms with E-state index in [0.717, 1.165) is 16.7 Å². The number of carbonyl (C=O) groups excluding carboxylic acids is 2. The van der Waals surface area contributed by atoms with Crippen LogP contribution in [0.4, 0.5) is 4.39 Å². The molecule has 0 spiro atoms. The van der Waals surface area contributed by atoms with Crippen molar-refractivity contribution in [2.24, 2.45) is 0 Å². The summed E-state index contributed by atoms with van der Waals surface area (Å²) in [6.07, 6.45) is 0.401. The van der Waals surface area contributed by atoms with Crippen molar-refractivity contribution in [2.45, 2.75) is 58.0 Å². The zero-order chi connectivity index (χ0) is 26.1. The second-order valence-corrected chi connectivity index (χ2v) is 11.0. The van der Waals surface area contributed by atoms with Gasteiger partial charge in [-0.3, -0.25) is 9.59 Å². The van der Waals surface area contributed by atoms with E-state index in [1.54, 1.807) is 23.1 Å². The molecule has 3 rings (SSSR count). The number of rotatable bonds is 10. The van der Waals surface area contributed by atoms with Gasteiger partial charge in [0, 0.05) is 24.3 Å². The van der Waals surface area contributed by atoms with Gasteiger partial charge in [0.05, 0.1) is 5.75 Å². The summed E-state index contributed by atoms with van der Waals surface area (Å²) < 4.78 is 14.1. The molecule has 3 aromatic rings. The molecule has 3 aromatic carbocycles. The Hall–Kier alpha value is -3.12. The first-order chi connectivity index (χ1) is 17.1. The highest BCUT2D eigenvalue weighted by Gasteiger charge is 2.32. The van der Waals surface area contributed by atoms with Crippen LogP contribution in [0.25, 0.3) is 0 Å². The third-order valence-corrected chi connectivity index (χ3v) is 6.65. The zero-order valence-corrected chi connectivity index (χ0v) is 22.3. The molecule has 0 aromatic heterocycles. The van der Waals surface area contributed by atoms with Gasteiger partial charge in [-0.2, -0.15) is 0 Å². The van der Waals surface area contributed by atoms with Gasteiger partial charge in [-0.1, -0.05) is 78.4 Å². The van der Waals surface area contributed by atoms with Crippen LogP contribution in [0.3, 0.4) is 0 Å². The Morgan fingerprint density at radius 3 is 2.19 bits per heavy atom. The van der Waals surface area contributed by atoms with Crippen LogP contribution in [0.1, 0.15) is 43.0 Å². The average molecular weight is 507 g/mol. The van der Waals surface area contributed by atoms with Crippen molar-refractivity contribution < 1.29 is 14.0 Å². The summed E-state index contributed by atoms with van der Waals surface area (Å²) in [4.78, 5) is 28.8. The van der Waals surface area contributed by atoms with Crippen LogP contribution in [0.15, 0.2) is 78.9 Å². The van der Waals surface area contributed by atoms with Crippen LogP contribution in [0.2, 0.25) is 0 Å². The molecule has 0 saturated heterocycles. The minimum atomic E-state index is -0.686. The van der Waals surface area contributed by atoms with E-state index in [-0.39, 0.29) is 23.4 Å². The second-order valence-electron chi connectivity index (χ2n) is 10.0. The lowest BCUT2D eigenvalue weighted by atomic mass is 10.0. The molecule has 4 nitrogen and oxygen atoms in total. The highest BCUT2D eigenvalue weighted by Crippen LogP contribution is 2.20. The van der Waals surface area contributed by atoms with E-state index >= 15 is 0 Å². The average Bonchev–Trinajstić information content (AvgIpc) is 2.83. The molecule has 36 heavy (non-hydrogen) atoms. The summed E-state index contributed by atoms with van der Waals surface area (Å²) in [5.74, 6) is -0.0870. The van der Waals surface area contributed by atoms with Gasteiger partial charge < -0.3 is 10.2 Å². The molecule has 0 aliphatic carbocycles. The monoisotopic (exact) mass is 506 g/mol. The molecule has 0 aliphatic heterocycles. The number of nitrogens with zero attached hydrogens (tertiary/aromatic N) is 1. The van der Waals surface area contributed by atoms with Gasteiger partial charge in [0.15, 0.2) is 0 Å². The van der Waals surface area contributed by atoms with Crippen molar-refractivity contribution in [2.75, 3.05) is 5.75 Å². The van der Waals surface area contributed by atoms with Gasteiger partial charge in [-0.25, -0.2) is 4.39 Å². The lowest BCUT2D eigenvalue weighted by molar-refractivity contribution is -0.140. The molecule has 0 bridgehead atoms. The molecule has 2 amide bonds. The van der Waals surface area contributed by atoms with Gasteiger partial charge in [0.25, 0.3) is 0 Å². The van der Waals surface area contributed by atoms with Gasteiger partial charge in [0.1, 0.15) is 11.9 Å². The van der Waals surface area contributed by atoms with E-state index in [4.69, 9.17) is 0 Å².